The van der Waals surface area contributed by atoms with Gasteiger partial charge in [0.15, 0.2) is 0 Å². The Morgan fingerprint density at radius 2 is 1.36 bits per heavy atom. The van der Waals surface area contributed by atoms with Crippen LogP contribution in [0.3, 0.4) is 0 Å². The Morgan fingerprint density at radius 3 is 1.95 bits per heavy atom. The van der Waals surface area contributed by atoms with Crippen LogP contribution < -0.4 is 14.2 Å². The zero-order valence-corrected chi connectivity index (χ0v) is 44.2. The summed E-state index contributed by atoms with van der Waals surface area (Å²) in [7, 11) is 7.88. The molecule has 73 heavy (non-hydrogen) atoms. The standard InChI is InChI=1S/C25H32N8O3.C25H32N8O2.C2H6/c1-6-35-24-17-7-8-19-18-11-20(26-12-21(18)28-27-19)23-16(3)29-32(5)25(23)36-10-9-31(4)13-22(17)33(30-24)15(2)14-34;1-6-19-17-7-8-20-18-11-21(26-12-22(18)28-27-20)24-16(3)29-32(5)25(24)35-15(2)13-31(4)14-23(17)33(30-19)9-10-34;1-2/h7-8,11-12,15,34H,6,9-10,13-14H2,1-5H3,(H,27,28);7-8,11-12,15,34H,6,9-10,13-14H2,1-5H3,(H,27,28);1-2H3/b2*8-7+;. The molecule has 0 spiro atoms. The van der Waals surface area contributed by atoms with Crippen LogP contribution in [0.15, 0.2) is 24.5 Å². The number of aromatic amines is 2. The number of aliphatic hydroxyl groups is 2. The first kappa shape index (κ1) is 52.1. The summed E-state index contributed by atoms with van der Waals surface area (Å²) in [6.07, 6.45) is 12.4. The first-order chi connectivity index (χ1) is 35.3. The molecule has 0 saturated heterocycles. The average molecular weight is 999 g/mol. The predicted molar refractivity (Wildman–Crippen MR) is 283 cm³/mol. The molecular formula is C52H70N16O5. The SMILES string of the molecule is CC.CCOc1nn(C(C)CO)c2c1/C=C/c1n[nH]c3cnc(cc13)-c1c(C)nn(C)c1OCCN(C)C2.CCc1nn(CCO)c2c1/C=C/c1n[nH]c3cnc(cc13)-c1c(C)nn(C)c1OC(C)CN(C)C2. The van der Waals surface area contributed by atoms with Crippen molar-refractivity contribution in [1.82, 2.24) is 79.3 Å². The van der Waals surface area contributed by atoms with Gasteiger partial charge >= 0.3 is 0 Å². The fourth-order valence-corrected chi connectivity index (χ4v) is 9.45. The van der Waals surface area contributed by atoms with Crippen LogP contribution in [-0.2, 0) is 40.2 Å². The second-order valence-corrected chi connectivity index (χ2v) is 18.3. The monoisotopic (exact) mass is 999 g/mol. The van der Waals surface area contributed by atoms with E-state index >= 15 is 0 Å². The van der Waals surface area contributed by atoms with Gasteiger partial charge in [-0.15, -0.1) is 5.10 Å². The number of fused-ring (bicyclic) bond motifs is 8. The van der Waals surface area contributed by atoms with Gasteiger partial charge in [-0.05, 0) is 91.6 Å². The van der Waals surface area contributed by atoms with E-state index in [1.807, 2.05) is 109 Å². The topological polar surface area (TPSA) is 229 Å². The van der Waals surface area contributed by atoms with Gasteiger partial charge in [-0.25, -0.2) is 9.36 Å². The molecule has 0 fully saturated rings. The maximum atomic E-state index is 9.89. The van der Waals surface area contributed by atoms with Gasteiger partial charge in [-0.1, -0.05) is 20.8 Å². The second kappa shape index (κ2) is 22.7. The number of hydrogen-bond acceptors (Lipinski definition) is 15. The Bertz CT molecular complexity index is 3240. The normalized spacial score (nSPS) is 16.5. The number of hydrogen-bond donors (Lipinski definition) is 4. The van der Waals surface area contributed by atoms with Crippen LogP contribution >= 0.6 is 0 Å². The summed E-state index contributed by atoms with van der Waals surface area (Å²) in [5.74, 6) is 1.92. The van der Waals surface area contributed by atoms with Gasteiger partial charge in [0.05, 0.1) is 124 Å². The van der Waals surface area contributed by atoms with Crippen molar-refractivity contribution in [2.75, 3.05) is 53.6 Å². The number of rotatable bonds is 7. The van der Waals surface area contributed by atoms with Gasteiger partial charge in [-0.3, -0.25) is 39.3 Å². The molecule has 0 amide bonds. The van der Waals surface area contributed by atoms with E-state index in [0.29, 0.717) is 63.6 Å². The molecule has 10 heterocycles. The third-order valence-corrected chi connectivity index (χ3v) is 12.9. The first-order valence-electron chi connectivity index (χ1n) is 25.1. The highest BCUT2D eigenvalue weighted by Crippen LogP contribution is 2.37. The molecule has 0 saturated carbocycles. The van der Waals surface area contributed by atoms with Crippen molar-refractivity contribution >= 4 is 46.1 Å². The zero-order valence-electron chi connectivity index (χ0n) is 44.2. The molecule has 21 nitrogen and oxygen atoms in total. The van der Waals surface area contributed by atoms with Crippen molar-refractivity contribution in [1.29, 1.82) is 0 Å². The molecule has 0 aromatic carbocycles. The summed E-state index contributed by atoms with van der Waals surface area (Å²) in [5, 5.41) is 55.4. The van der Waals surface area contributed by atoms with Gasteiger partial charge in [0.25, 0.3) is 0 Å². The Balaban J connectivity index is 0.000000189. The smallest absolute Gasteiger partial charge is 0.240 e. The van der Waals surface area contributed by atoms with Gasteiger partial charge in [0.2, 0.25) is 17.6 Å². The number of nitrogens with one attached hydrogen (secondary N) is 2. The quantitative estimate of drug-likeness (QED) is 0.131. The molecule has 8 aromatic rings. The number of aromatic nitrogens is 14. The number of aliphatic hydroxyl groups excluding tert-OH is 2. The molecule has 0 radical (unpaired) electrons. The van der Waals surface area contributed by atoms with Crippen molar-refractivity contribution in [2.24, 2.45) is 14.1 Å². The number of H-pyrrole nitrogens is 2. The minimum atomic E-state index is -0.201. The first-order valence-corrected chi connectivity index (χ1v) is 25.1. The molecule has 388 valence electrons. The summed E-state index contributed by atoms with van der Waals surface area (Å²) in [6.45, 7) is 20.0. The maximum Gasteiger partial charge on any atom is 0.240 e. The van der Waals surface area contributed by atoms with Crippen LogP contribution in [0.4, 0.5) is 0 Å². The highest BCUT2D eigenvalue weighted by atomic mass is 16.5. The van der Waals surface area contributed by atoms with Crippen molar-refractivity contribution in [3.05, 3.63) is 75.5 Å². The lowest BCUT2D eigenvalue weighted by Crippen LogP contribution is -2.32. The highest BCUT2D eigenvalue weighted by molar-refractivity contribution is 5.93. The van der Waals surface area contributed by atoms with Crippen LogP contribution in [0, 0.1) is 13.8 Å². The van der Waals surface area contributed by atoms with E-state index in [4.69, 9.17) is 29.4 Å². The van der Waals surface area contributed by atoms with Gasteiger partial charge in [0, 0.05) is 56.6 Å². The largest absolute Gasteiger partial charge is 0.476 e. The van der Waals surface area contributed by atoms with Gasteiger partial charge in [-0.2, -0.15) is 25.5 Å². The molecule has 2 atom stereocenters. The lowest BCUT2D eigenvalue weighted by molar-refractivity contribution is 0.146. The van der Waals surface area contributed by atoms with Crippen molar-refractivity contribution in [3.8, 4) is 40.2 Å². The number of likely N-dealkylation sites (N-methyl/N-ethyl adjacent to an activating group) is 2. The number of pyridine rings is 2. The van der Waals surface area contributed by atoms with Crippen molar-refractivity contribution in [3.63, 3.8) is 0 Å². The number of ether oxygens (including phenoxy) is 3. The maximum absolute atomic E-state index is 9.89. The van der Waals surface area contributed by atoms with E-state index in [1.165, 1.54) is 0 Å². The van der Waals surface area contributed by atoms with Crippen LogP contribution in [0.5, 0.6) is 17.6 Å². The zero-order chi connectivity index (χ0) is 52.1. The molecule has 8 aromatic heterocycles. The molecule has 4 bridgehead atoms. The lowest BCUT2D eigenvalue weighted by Gasteiger charge is -2.23. The molecule has 0 aliphatic carbocycles. The Labute approximate surface area is 425 Å². The second-order valence-electron chi connectivity index (χ2n) is 18.3. The molecule has 2 unspecified atom stereocenters. The summed E-state index contributed by atoms with van der Waals surface area (Å²) in [6, 6.07) is 3.86. The van der Waals surface area contributed by atoms with E-state index in [0.717, 1.165) is 102 Å². The lowest BCUT2D eigenvalue weighted by atomic mass is 10.1. The summed E-state index contributed by atoms with van der Waals surface area (Å²) < 4.78 is 25.9. The minimum Gasteiger partial charge on any atom is -0.476 e. The van der Waals surface area contributed by atoms with Crippen LogP contribution in [0.1, 0.15) is 98.6 Å². The number of aryl methyl sites for hydroxylation is 5. The number of nitrogens with zero attached hydrogens (tertiary/aromatic N) is 14. The third-order valence-electron chi connectivity index (χ3n) is 12.9. The molecule has 10 rings (SSSR count). The van der Waals surface area contributed by atoms with Gasteiger partial charge in [0.1, 0.15) is 12.7 Å². The van der Waals surface area contributed by atoms with E-state index < -0.39 is 0 Å². The fraction of sp³-hybridized carbons (Fsp3) is 0.462. The van der Waals surface area contributed by atoms with E-state index in [2.05, 4.69) is 72.3 Å². The van der Waals surface area contributed by atoms with Crippen LogP contribution in [-0.4, -0.2) is 149 Å². The van der Waals surface area contributed by atoms with Crippen LogP contribution in [0.2, 0.25) is 0 Å². The Morgan fingerprint density at radius 1 is 0.767 bits per heavy atom. The Kier molecular flexibility index (Phi) is 16.2. The third kappa shape index (κ3) is 10.7. The summed E-state index contributed by atoms with van der Waals surface area (Å²) >= 11 is 0. The van der Waals surface area contributed by atoms with Crippen molar-refractivity contribution in [2.45, 2.75) is 93.6 Å². The average Bonchev–Trinajstić information content (AvgIpc) is 4.22. The van der Waals surface area contributed by atoms with E-state index in [1.54, 1.807) is 15.6 Å². The highest BCUT2D eigenvalue weighted by Gasteiger charge is 2.26. The molecule has 4 N–H and O–H groups in total. The Hall–Kier alpha value is -7.20. The predicted octanol–water partition coefficient (Wildman–Crippen LogP) is 6.64. The summed E-state index contributed by atoms with van der Waals surface area (Å²) in [4.78, 5) is 13.8. The molecule has 21 heteroatoms. The minimum absolute atomic E-state index is 0.0291. The van der Waals surface area contributed by atoms with E-state index in [9.17, 15) is 10.2 Å². The summed E-state index contributed by atoms with van der Waals surface area (Å²) in [5.41, 5.74) is 13.3. The molecule has 2 aliphatic heterocycles. The van der Waals surface area contributed by atoms with E-state index in [-0.39, 0.29) is 25.4 Å². The molecule has 2 aliphatic rings. The molecular weight excluding hydrogens is 929 g/mol. The van der Waals surface area contributed by atoms with Crippen molar-refractivity contribution < 1.29 is 24.4 Å². The van der Waals surface area contributed by atoms with Gasteiger partial charge < -0.3 is 24.4 Å². The van der Waals surface area contributed by atoms with Crippen LogP contribution in [0.25, 0.3) is 68.6 Å². The fourth-order valence-electron chi connectivity index (χ4n) is 9.45.